The molecule has 1 aliphatic rings. The van der Waals surface area contributed by atoms with E-state index >= 15 is 0 Å². The molecular formula is C13H27N. The van der Waals surface area contributed by atoms with Crippen LogP contribution < -0.4 is 5.32 Å². The van der Waals surface area contributed by atoms with Gasteiger partial charge in [0.15, 0.2) is 0 Å². The highest BCUT2D eigenvalue weighted by Gasteiger charge is 2.12. The minimum absolute atomic E-state index is 0.726. The lowest BCUT2D eigenvalue weighted by atomic mass is 9.87. The molecule has 1 rings (SSSR count). The van der Waals surface area contributed by atoms with Crippen molar-refractivity contribution < 1.29 is 0 Å². The van der Waals surface area contributed by atoms with E-state index in [1.807, 2.05) is 0 Å². The second-order valence-electron chi connectivity index (χ2n) is 4.94. The summed E-state index contributed by atoms with van der Waals surface area (Å²) in [6.07, 6.45) is 11.5. The van der Waals surface area contributed by atoms with Crippen LogP contribution in [0.2, 0.25) is 0 Å². The Morgan fingerprint density at radius 1 is 1.21 bits per heavy atom. The highest BCUT2D eigenvalue weighted by atomic mass is 14.9. The lowest BCUT2D eigenvalue weighted by molar-refractivity contribution is 0.327. The zero-order chi connectivity index (χ0) is 10.2. The third-order valence-electron chi connectivity index (χ3n) is 3.49. The number of hydrogen-bond acceptors (Lipinski definition) is 1. The molecule has 0 saturated heterocycles. The van der Waals surface area contributed by atoms with Crippen molar-refractivity contribution in [3.63, 3.8) is 0 Å². The zero-order valence-corrected chi connectivity index (χ0v) is 10.0. The van der Waals surface area contributed by atoms with Crippen molar-refractivity contribution in [1.29, 1.82) is 0 Å². The molecule has 1 atom stereocenters. The fourth-order valence-electron chi connectivity index (χ4n) is 2.54. The molecule has 0 aromatic rings. The van der Waals surface area contributed by atoms with Crippen LogP contribution in [-0.2, 0) is 0 Å². The number of rotatable bonds is 6. The van der Waals surface area contributed by atoms with Gasteiger partial charge in [-0.05, 0) is 32.2 Å². The molecule has 1 saturated carbocycles. The molecule has 0 aliphatic heterocycles. The summed E-state index contributed by atoms with van der Waals surface area (Å²) in [5.74, 6) is 1.03. The Hall–Kier alpha value is -0.0400. The molecule has 1 aliphatic carbocycles. The molecule has 1 unspecified atom stereocenters. The standard InChI is InChI=1S/C13H27N/c1-3-7-12(2)14-11-10-13-8-5-4-6-9-13/h12-14H,3-11H2,1-2H3. The summed E-state index contributed by atoms with van der Waals surface area (Å²) >= 11 is 0. The lowest BCUT2D eigenvalue weighted by Gasteiger charge is -2.22. The summed E-state index contributed by atoms with van der Waals surface area (Å²) < 4.78 is 0. The predicted molar refractivity (Wildman–Crippen MR) is 63.6 cm³/mol. The molecule has 1 nitrogen and oxygen atoms in total. The van der Waals surface area contributed by atoms with Crippen molar-refractivity contribution >= 4 is 0 Å². The van der Waals surface area contributed by atoms with Crippen LogP contribution in [0.4, 0.5) is 0 Å². The van der Waals surface area contributed by atoms with E-state index in [4.69, 9.17) is 0 Å². The van der Waals surface area contributed by atoms with Gasteiger partial charge in [-0.25, -0.2) is 0 Å². The van der Waals surface area contributed by atoms with Crippen molar-refractivity contribution in [2.75, 3.05) is 6.54 Å². The highest BCUT2D eigenvalue weighted by Crippen LogP contribution is 2.25. The molecule has 0 radical (unpaired) electrons. The minimum atomic E-state index is 0.726. The average Bonchev–Trinajstić information content (AvgIpc) is 2.20. The van der Waals surface area contributed by atoms with Crippen LogP contribution in [0.15, 0.2) is 0 Å². The summed E-state index contributed by atoms with van der Waals surface area (Å²) in [5.41, 5.74) is 0. The van der Waals surface area contributed by atoms with E-state index < -0.39 is 0 Å². The minimum Gasteiger partial charge on any atom is -0.314 e. The smallest absolute Gasteiger partial charge is 0.00386 e. The van der Waals surface area contributed by atoms with Gasteiger partial charge in [-0.15, -0.1) is 0 Å². The van der Waals surface area contributed by atoms with E-state index in [1.54, 1.807) is 0 Å². The maximum absolute atomic E-state index is 3.63. The van der Waals surface area contributed by atoms with Crippen molar-refractivity contribution in [2.45, 2.75) is 71.3 Å². The Labute approximate surface area is 89.7 Å². The molecular weight excluding hydrogens is 170 g/mol. The van der Waals surface area contributed by atoms with E-state index in [0.29, 0.717) is 0 Å². The van der Waals surface area contributed by atoms with Crippen molar-refractivity contribution in [1.82, 2.24) is 5.32 Å². The van der Waals surface area contributed by atoms with Crippen molar-refractivity contribution in [3.05, 3.63) is 0 Å². The molecule has 0 aromatic heterocycles. The van der Waals surface area contributed by atoms with Gasteiger partial charge in [0.1, 0.15) is 0 Å². The normalized spacial score (nSPS) is 21.0. The van der Waals surface area contributed by atoms with Crippen LogP contribution in [0.25, 0.3) is 0 Å². The van der Waals surface area contributed by atoms with Crippen LogP contribution in [-0.4, -0.2) is 12.6 Å². The van der Waals surface area contributed by atoms with Gasteiger partial charge in [0.2, 0.25) is 0 Å². The van der Waals surface area contributed by atoms with Crippen molar-refractivity contribution in [3.8, 4) is 0 Å². The number of nitrogens with one attached hydrogen (secondary N) is 1. The van der Waals surface area contributed by atoms with Gasteiger partial charge in [-0.1, -0.05) is 45.4 Å². The van der Waals surface area contributed by atoms with Crippen LogP contribution in [0.5, 0.6) is 0 Å². The third-order valence-corrected chi connectivity index (χ3v) is 3.49. The summed E-state index contributed by atoms with van der Waals surface area (Å²) in [6.45, 7) is 5.81. The number of hydrogen-bond donors (Lipinski definition) is 1. The van der Waals surface area contributed by atoms with Crippen LogP contribution in [0, 0.1) is 5.92 Å². The largest absolute Gasteiger partial charge is 0.314 e. The summed E-state index contributed by atoms with van der Waals surface area (Å²) in [4.78, 5) is 0. The molecule has 0 bridgehead atoms. The van der Waals surface area contributed by atoms with Crippen LogP contribution in [0.3, 0.4) is 0 Å². The van der Waals surface area contributed by atoms with E-state index in [0.717, 1.165) is 12.0 Å². The Bertz CT molecular complexity index is 127. The van der Waals surface area contributed by atoms with Gasteiger partial charge < -0.3 is 5.32 Å². The van der Waals surface area contributed by atoms with Gasteiger partial charge >= 0.3 is 0 Å². The van der Waals surface area contributed by atoms with E-state index in [2.05, 4.69) is 19.2 Å². The first-order valence-corrected chi connectivity index (χ1v) is 6.56. The van der Waals surface area contributed by atoms with Gasteiger partial charge in [0, 0.05) is 6.04 Å². The quantitative estimate of drug-likeness (QED) is 0.684. The topological polar surface area (TPSA) is 12.0 Å². The van der Waals surface area contributed by atoms with E-state index in [1.165, 1.54) is 57.9 Å². The zero-order valence-electron chi connectivity index (χ0n) is 10.0. The van der Waals surface area contributed by atoms with Gasteiger partial charge in [-0.3, -0.25) is 0 Å². The van der Waals surface area contributed by atoms with Gasteiger partial charge in [0.25, 0.3) is 0 Å². The van der Waals surface area contributed by atoms with Crippen LogP contribution >= 0.6 is 0 Å². The summed E-state index contributed by atoms with van der Waals surface area (Å²) in [7, 11) is 0. The summed E-state index contributed by atoms with van der Waals surface area (Å²) in [6, 6.07) is 0.726. The van der Waals surface area contributed by atoms with Gasteiger partial charge in [0.05, 0.1) is 0 Å². The predicted octanol–water partition coefficient (Wildman–Crippen LogP) is 3.74. The Morgan fingerprint density at radius 3 is 2.57 bits per heavy atom. The monoisotopic (exact) mass is 197 g/mol. The molecule has 0 heterocycles. The van der Waals surface area contributed by atoms with Crippen molar-refractivity contribution in [2.24, 2.45) is 5.92 Å². The van der Waals surface area contributed by atoms with E-state index in [9.17, 15) is 0 Å². The molecule has 0 aromatic carbocycles. The Kier molecular flexibility index (Phi) is 6.25. The highest BCUT2D eigenvalue weighted by molar-refractivity contribution is 4.68. The third kappa shape index (κ3) is 4.99. The first-order valence-electron chi connectivity index (χ1n) is 6.56. The first kappa shape index (κ1) is 12.0. The molecule has 1 fully saturated rings. The molecule has 1 heteroatoms. The fraction of sp³-hybridized carbons (Fsp3) is 1.00. The maximum atomic E-state index is 3.63. The summed E-state index contributed by atoms with van der Waals surface area (Å²) in [5, 5.41) is 3.63. The van der Waals surface area contributed by atoms with E-state index in [-0.39, 0.29) is 0 Å². The lowest BCUT2D eigenvalue weighted by Crippen LogP contribution is -2.28. The fourth-order valence-corrected chi connectivity index (χ4v) is 2.54. The second-order valence-corrected chi connectivity index (χ2v) is 4.94. The molecule has 0 spiro atoms. The maximum Gasteiger partial charge on any atom is 0.00386 e. The molecule has 0 amide bonds. The van der Waals surface area contributed by atoms with Crippen LogP contribution in [0.1, 0.15) is 65.2 Å². The average molecular weight is 197 g/mol. The van der Waals surface area contributed by atoms with Gasteiger partial charge in [-0.2, -0.15) is 0 Å². The SMILES string of the molecule is CCCC(C)NCCC1CCCCC1. The Balaban J connectivity index is 1.96. The first-order chi connectivity index (χ1) is 6.83. The molecule has 84 valence electrons. The molecule has 1 N–H and O–H groups in total. The Morgan fingerprint density at radius 2 is 1.93 bits per heavy atom. The molecule has 14 heavy (non-hydrogen) atoms. The second kappa shape index (κ2) is 7.28.